The third-order valence-corrected chi connectivity index (χ3v) is 4.09. The third kappa shape index (κ3) is 2.06. The molecule has 10 heavy (non-hydrogen) atoms. The first-order chi connectivity index (χ1) is 4.74. The molecule has 3 atom stereocenters. The van der Waals surface area contributed by atoms with Crippen molar-refractivity contribution in [2.24, 2.45) is 5.92 Å². The number of thioether (sulfide) groups is 1. The first kappa shape index (κ1) is 8.73. The summed E-state index contributed by atoms with van der Waals surface area (Å²) >= 11 is 8.09. The maximum atomic E-state index is 6.13. The predicted octanol–water partition coefficient (Wildman–Crippen LogP) is 3.15. The molecule has 0 bridgehead atoms. The van der Waals surface area contributed by atoms with E-state index in [2.05, 4.69) is 13.2 Å². The molecule has 0 aromatic heterocycles. The average molecular weight is 179 g/mol. The summed E-state index contributed by atoms with van der Waals surface area (Å²) in [5, 5.41) is 1.27. The highest BCUT2D eigenvalue weighted by molar-refractivity contribution is 7.99. The van der Waals surface area contributed by atoms with Gasteiger partial charge in [0.25, 0.3) is 0 Å². The quantitative estimate of drug-likeness (QED) is 0.556. The molecule has 1 aliphatic rings. The Hall–Kier alpha value is 0.640. The molecular formula is C8H15ClS. The molecule has 2 heteroatoms. The smallest absolute Gasteiger partial charge is 0.0372 e. The van der Waals surface area contributed by atoms with Crippen molar-refractivity contribution in [1.29, 1.82) is 0 Å². The van der Waals surface area contributed by atoms with Gasteiger partial charge in [0.2, 0.25) is 0 Å². The van der Waals surface area contributed by atoms with Crippen molar-refractivity contribution in [1.82, 2.24) is 0 Å². The van der Waals surface area contributed by atoms with Gasteiger partial charge in [0, 0.05) is 10.6 Å². The second-order valence-electron chi connectivity index (χ2n) is 3.16. The topological polar surface area (TPSA) is 0 Å². The molecule has 0 aliphatic heterocycles. The van der Waals surface area contributed by atoms with Gasteiger partial charge in [-0.2, -0.15) is 11.8 Å². The van der Waals surface area contributed by atoms with Crippen LogP contribution in [0.4, 0.5) is 0 Å². The molecule has 1 rings (SSSR count). The lowest BCUT2D eigenvalue weighted by atomic mass is 9.90. The van der Waals surface area contributed by atoms with Gasteiger partial charge in [-0.1, -0.05) is 6.92 Å². The van der Waals surface area contributed by atoms with Crippen LogP contribution >= 0.6 is 23.4 Å². The highest BCUT2D eigenvalue weighted by atomic mass is 35.5. The van der Waals surface area contributed by atoms with Gasteiger partial charge in [-0.05, 0) is 31.4 Å². The second kappa shape index (κ2) is 3.87. The summed E-state index contributed by atoms with van der Waals surface area (Å²) in [4.78, 5) is 0. The Morgan fingerprint density at radius 1 is 1.40 bits per heavy atom. The fourth-order valence-electron chi connectivity index (χ4n) is 1.45. The number of halogens is 1. The summed E-state index contributed by atoms with van der Waals surface area (Å²) in [6, 6.07) is 0. The Morgan fingerprint density at radius 2 is 2.10 bits per heavy atom. The highest BCUT2D eigenvalue weighted by Gasteiger charge is 2.24. The molecule has 0 heterocycles. The minimum Gasteiger partial charge on any atom is -0.162 e. The van der Waals surface area contributed by atoms with Gasteiger partial charge in [0.1, 0.15) is 0 Å². The first-order valence-electron chi connectivity index (χ1n) is 3.91. The summed E-state index contributed by atoms with van der Waals surface area (Å²) in [5.74, 6) is 0.741. The minimum absolute atomic E-state index is 0.436. The van der Waals surface area contributed by atoms with Crippen LogP contribution in [0, 0.1) is 5.92 Å². The highest BCUT2D eigenvalue weighted by Crippen LogP contribution is 2.33. The van der Waals surface area contributed by atoms with E-state index in [9.17, 15) is 0 Å². The first-order valence-corrected chi connectivity index (χ1v) is 5.63. The van der Waals surface area contributed by atoms with Crippen molar-refractivity contribution in [3.8, 4) is 0 Å². The Kier molecular flexibility index (Phi) is 3.38. The van der Waals surface area contributed by atoms with E-state index in [1.165, 1.54) is 19.3 Å². The van der Waals surface area contributed by atoms with E-state index >= 15 is 0 Å². The largest absolute Gasteiger partial charge is 0.162 e. The molecule has 0 N–H and O–H groups in total. The molecule has 0 amide bonds. The Bertz CT molecular complexity index is 105. The van der Waals surface area contributed by atoms with Crippen molar-refractivity contribution in [3.05, 3.63) is 0 Å². The van der Waals surface area contributed by atoms with E-state index in [-0.39, 0.29) is 0 Å². The van der Waals surface area contributed by atoms with Gasteiger partial charge in [-0.25, -0.2) is 0 Å². The van der Waals surface area contributed by atoms with E-state index in [0.29, 0.717) is 5.38 Å². The summed E-state index contributed by atoms with van der Waals surface area (Å²) in [5.41, 5.74) is 0. The van der Waals surface area contributed by atoms with Crippen molar-refractivity contribution >= 4 is 23.4 Å². The number of rotatable bonds is 1. The van der Waals surface area contributed by atoms with Gasteiger partial charge in [-0.15, -0.1) is 11.6 Å². The van der Waals surface area contributed by atoms with Crippen LogP contribution in [-0.2, 0) is 0 Å². The SMILES string of the molecule is CSC1CCC(C)C(Cl)C1. The monoisotopic (exact) mass is 178 g/mol. The van der Waals surface area contributed by atoms with E-state index in [1.807, 2.05) is 11.8 Å². The molecule has 0 aromatic carbocycles. The Balaban J connectivity index is 2.33. The maximum Gasteiger partial charge on any atom is 0.0372 e. The molecule has 0 aromatic rings. The van der Waals surface area contributed by atoms with Crippen molar-refractivity contribution < 1.29 is 0 Å². The molecular weight excluding hydrogens is 164 g/mol. The van der Waals surface area contributed by atoms with Crippen LogP contribution in [0.3, 0.4) is 0 Å². The molecule has 3 unspecified atom stereocenters. The summed E-state index contributed by atoms with van der Waals surface area (Å²) in [6.07, 6.45) is 6.08. The number of hydrogen-bond acceptors (Lipinski definition) is 1. The lowest BCUT2D eigenvalue weighted by molar-refractivity contribution is 0.401. The molecule has 0 spiro atoms. The lowest BCUT2D eigenvalue weighted by Gasteiger charge is -2.29. The van der Waals surface area contributed by atoms with Gasteiger partial charge in [-0.3, -0.25) is 0 Å². The third-order valence-electron chi connectivity index (χ3n) is 2.38. The van der Waals surface area contributed by atoms with Crippen LogP contribution < -0.4 is 0 Å². The number of alkyl halides is 1. The van der Waals surface area contributed by atoms with E-state index in [1.54, 1.807) is 0 Å². The number of hydrogen-bond donors (Lipinski definition) is 0. The molecule has 1 aliphatic carbocycles. The lowest BCUT2D eigenvalue weighted by Crippen LogP contribution is -2.24. The van der Waals surface area contributed by atoms with Crippen LogP contribution in [0.5, 0.6) is 0 Å². The van der Waals surface area contributed by atoms with E-state index < -0.39 is 0 Å². The van der Waals surface area contributed by atoms with Crippen LogP contribution in [0.15, 0.2) is 0 Å². The summed E-state index contributed by atoms with van der Waals surface area (Å²) in [7, 11) is 0. The fraction of sp³-hybridized carbons (Fsp3) is 1.00. The van der Waals surface area contributed by atoms with Crippen molar-refractivity contribution in [2.45, 2.75) is 36.8 Å². The average Bonchev–Trinajstić information content (AvgIpc) is 1.95. The molecule has 1 saturated carbocycles. The molecule has 0 nitrogen and oxygen atoms in total. The van der Waals surface area contributed by atoms with Crippen LogP contribution in [0.2, 0.25) is 0 Å². The van der Waals surface area contributed by atoms with E-state index in [4.69, 9.17) is 11.6 Å². The molecule has 1 fully saturated rings. The summed E-state index contributed by atoms with van der Waals surface area (Å²) < 4.78 is 0. The van der Waals surface area contributed by atoms with Gasteiger partial charge in [0.05, 0.1) is 0 Å². The molecule has 0 saturated heterocycles. The maximum absolute atomic E-state index is 6.13. The zero-order valence-corrected chi connectivity index (χ0v) is 8.21. The predicted molar refractivity (Wildman–Crippen MR) is 50.0 cm³/mol. The van der Waals surface area contributed by atoms with Crippen molar-refractivity contribution in [2.75, 3.05) is 6.26 Å². The van der Waals surface area contributed by atoms with Gasteiger partial charge >= 0.3 is 0 Å². The Morgan fingerprint density at radius 3 is 2.60 bits per heavy atom. The van der Waals surface area contributed by atoms with E-state index in [0.717, 1.165) is 11.2 Å². The van der Waals surface area contributed by atoms with Gasteiger partial charge < -0.3 is 0 Å². The zero-order valence-electron chi connectivity index (χ0n) is 6.64. The standard InChI is InChI=1S/C8H15ClS/c1-6-3-4-7(10-2)5-8(6)9/h6-8H,3-5H2,1-2H3. The zero-order chi connectivity index (χ0) is 7.56. The van der Waals surface area contributed by atoms with Gasteiger partial charge in [0.15, 0.2) is 0 Å². The normalized spacial score (nSPS) is 41.7. The minimum atomic E-state index is 0.436. The van der Waals surface area contributed by atoms with Crippen LogP contribution in [0.1, 0.15) is 26.2 Å². The summed E-state index contributed by atoms with van der Waals surface area (Å²) in [6.45, 7) is 2.26. The van der Waals surface area contributed by atoms with Crippen LogP contribution in [0.25, 0.3) is 0 Å². The van der Waals surface area contributed by atoms with Crippen LogP contribution in [-0.4, -0.2) is 16.9 Å². The van der Waals surface area contributed by atoms with Crippen molar-refractivity contribution in [3.63, 3.8) is 0 Å². The molecule has 60 valence electrons. The molecule has 0 radical (unpaired) electrons. The fourth-order valence-corrected chi connectivity index (χ4v) is 2.66. The Labute approximate surface area is 72.7 Å². The second-order valence-corrected chi connectivity index (χ2v) is 4.86.